The first-order chi connectivity index (χ1) is 17.8. The smallest absolute Gasteiger partial charge is 0.459 e. The Morgan fingerprint density at radius 2 is 1.84 bits per heavy atom. The van der Waals surface area contributed by atoms with E-state index in [0.717, 1.165) is 5.56 Å². The number of ether oxygens (including phenoxy) is 3. The number of H-pyrrole nitrogens is 1. The normalized spacial score (nSPS) is 18.7. The summed E-state index contributed by atoms with van der Waals surface area (Å²) >= 11 is 0. The first kappa shape index (κ1) is 26.5. The highest BCUT2D eigenvalue weighted by molar-refractivity contribution is 7.52. The first-order valence-corrected chi connectivity index (χ1v) is 12.9. The maximum Gasteiger partial charge on any atom is 0.459 e. The summed E-state index contributed by atoms with van der Waals surface area (Å²) in [6.45, 7) is 0.809. The summed E-state index contributed by atoms with van der Waals surface area (Å²) in [6.07, 6.45) is -0.458. The molecule has 0 aliphatic carbocycles. The fourth-order valence-electron chi connectivity index (χ4n) is 3.31. The van der Waals surface area contributed by atoms with Gasteiger partial charge in [0.25, 0.3) is 5.56 Å². The topological polar surface area (TPSA) is 147 Å². The van der Waals surface area contributed by atoms with Crippen molar-refractivity contribution in [2.24, 2.45) is 0 Å². The van der Waals surface area contributed by atoms with Crippen LogP contribution in [-0.2, 0) is 34.7 Å². The standard InChI is InChI=1S/C24H26N3O9P/c1-17-13-27(24(30)26-23(17)29)20-15-33-22(35-20)16-34-37(31,36-19-10-6-3-7-11-19)25-12-21(28)32-14-18-8-4-2-5-9-18/h2-11,13,20,22H,12,14-16H2,1H3,(H,25,31)(H,26,29,30)/t20-,22-,37?/m1/s1. The molecule has 12 nitrogen and oxygen atoms in total. The monoisotopic (exact) mass is 531 g/mol. The van der Waals surface area contributed by atoms with E-state index in [2.05, 4.69) is 10.1 Å². The van der Waals surface area contributed by atoms with Gasteiger partial charge in [-0.15, -0.1) is 0 Å². The minimum atomic E-state index is -4.09. The van der Waals surface area contributed by atoms with E-state index in [4.69, 9.17) is 23.3 Å². The molecule has 2 N–H and O–H groups in total. The second-order valence-corrected chi connectivity index (χ2v) is 9.76. The maximum absolute atomic E-state index is 13.4. The van der Waals surface area contributed by atoms with Crippen LogP contribution in [0, 0.1) is 6.92 Å². The molecule has 2 heterocycles. The molecular weight excluding hydrogens is 505 g/mol. The van der Waals surface area contributed by atoms with Crippen LogP contribution < -0.4 is 20.9 Å². The molecule has 1 aromatic heterocycles. The lowest BCUT2D eigenvalue weighted by molar-refractivity contribution is -0.143. The van der Waals surface area contributed by atoms with Crippen molar-refractivity contribution in [1.82, 2.24) is 14.6 Å². The van der Waals surface area contributed by atoms with Gasteiger partial charge in [0.05, 0.1) is 6.61 Å². The largest absolute Gasteiger partial charge is 0.460 e. The Hall–Kier alpha value is -3.54. The van der Waals surface area contributed by atoms with Crippen molar-refractivity contribution >= 4 is 13.7 Å². The molecule has 3 aromatic rings. The van der Waals surface area contributed by atoms with Gasteiger partial charge in [0, 0.05) is 11.8 Å². The Morgan fingerprint density at radius 1 is 1.14 bits per heavy atom. The van der Waals surface area contributed by atoms with Crippen LogP contribution in [0.5, 0.6) is 5.75 Å². The Labute approximate surface area is 211 Å². The minimum absolute atomic E-state index is 0.0114. The fourth-order valence-corrected chi connectivity index (χ4v) is 4.56. The number of hydrogen-bond donors (Lipinski definition) is 2. The van der Waals surface area contributed by atoms with Crippen LogP contribution in [0.3, 0.4) is 0 Å². The lowest BCUT2D eigenvalue weighted by Crippen LogP contribution is -2.34. The number of aromatic nitrogens is 2. The Morgan fingerprint density at radius 3 is 2.57 bits per heavy atom. The summed E-state index contributed by atoms with van der Waals surface area (Å²) in [4.78, 5) is 38.2. The molecular formula is C24H26N3O9P. The maximum atomic E-state index is 13.4. The second kappa shape index (κ2) is 12.1. The van der Waals surface area contributed by atoms with Gasteiger partial charge in [0.15, 0.2) is 12.5 Å². The fraction of sp³-hybridized carbons (Fsp3) is 0.292. The lowest BCUT2D eigenvalue weighted by atomic mass is 10.2. The third-order valence-electron chi connectivity index (χ3n) is 5.20. The molecule has 1 fully saturated rings. The highest BCUT2D eigenvalue weighted by Crippen LogP contribution is 2.44. The van der Waals surface area contributed by atoms with Crippen LogP contribution in [0.1, 0.15) is 17.4 Å². The molecule has 1 aliphatic heterocycles. The van der Waals surface area contributed by atoms with Crippen LogP contribution in [0.4, 0.5) is 0 Å². The minimum Gasteiger partial charge on any atom is -0.460 e. The number of carbonyl (C=O) groups excluding carboxylic acids is 1. The number of hydrogen-bond acceptors (Lipinski definition) is 9. The van der Waals surface area contributed by atoms with Gasteiger partial charge in [0.2, 0.25) is 0 Å². The first-order valence-electron chi connectivity index (χ1n) is 11.3. The van der Waals surface area contributed by atoms with Crippen molar-refractivity contribution < 1.29 is 32.6 Å². The number of aromatic amines is 1. The third kappa shape index (κ3) is 7.48. The zero-order valence-corrected chi connectivity index (χ0v) is 20.8. The lowest BCUT2D eigenvalue weighted by Gasteiger charge is -2.21. The predicted octanol–water partition coefficient (Wildman–Crippen LogP) is 2.25. The van der Waals surface area contributed by atoms with Crippen molar-refractivity contribution in [2.75, 3.05) is 19.8 Å². The zero-order chi connectivity index (χ0) is 26.3. The molecule has 1 aliphatic rings. The van der Waals surface area contributed by atoms with Crippen LogP contribution in [0.25, 0.3) is 0 Å². The molecule has 37 heavy (non-hydrogen) atoms. The van der Waals surface area contributed by atoms with Gasteiger partial charge in [0.1, 0.15) is 25.5 Å². The van der Waals surface area contributed by atoms with Crippen molar-refractivity contribution in [3.8, 4) is 5.75 Å². The van der Waals surface area contributed by atoms with E-state index in [0.29, 0.717) is 5.56 Å². The van der Waals surface area contributed by atoms with Crippen LogP contribution >= 0.6 is 7.75 Å². The summed E-state index contributed by atoms with van der Waals surface area (Å²) in [5, 5.41) is 2.50. The van der Waals surface area contributed by atoms with Gasteiger partial charge in [-0.1, -0.05) is 48.5 Å². The van der Waals surface area contributed by atoms with Gasteiger partial charge >= 0.3 is 19.4 Å². The molecule has 4 rings (SSSR count). The molecule has 3 atom stereocenters. The quantitative estimate of drug-likeness (QED) is 0.279. The van der Waals surface area contributed by atoms with E-state index >= 15 is 0 Å². The summed E-state index contributed by atoms with van der Waals surface area (Å²) in [6, 6.07) is 17.4. The number of nitrogens with zero attached hydrogens (tertiary/aromatic N) is 1. The predicted molar refractivity (Wildman–Crippen MR) is 131 cm³/mol. The number of esters is 1. The summed E-state index contributed by atoms with van der Waals surface area (Å²) in [5.74, 6) is -0.414. The summed E-state index contributed by atoms with van der Waals surface area (Å²) in [7, 11) is -4.09. The van der Waals surface area contributed by atoms with Crippen LogP contribution in [0.15, 0.2) is 76.4 Å². The van der Waals surface area contributed by atoms with Crippen molar-refractivity contribution in [3.63, 3.8) is 0 Å². The number of aryl methyl sites for hydroxylation is 1. The van der Waals surface area contributed by atoms with Crippen molar-refractivity contribution in [1.29, 1.82) is 0 Å². The average Bonchev–Trinajstić information content (AvgIpc) is 3.37. The Balaban J connectivity index is 1.36. The average molecular weight is 531 g/mol. The highest BCUT2D eigenvalue weighted by atomic mass is 31.2. The van der Waals surface area contributed by atoms with Gasteiger partial charge < -0.3 is 18.7 Å². The van der Waals surface area contributed by atoms with E-state index < -0.39 is 44.0 Å². The van der Waals surface area contributed by atoms with E-state index in [1.54, 1.807) is 37.3 Å². The zero-order valence-electron chi connectivity index (χ0n) is 19.9. The van der Waals surface area contributed by atoms with Crippen LogP contribution in [-0.4, -0.2) is 41.6 Å². The molecule has 0 spiro atoms. The number of benzene rings is 2. The molecule has 0 saturated carbocycles. The summed E-state index contributed by atoms with van der Waals surface area (Å²) < 4.78 is 42.1. The molecule has 1 unspecified atom stereocenters. The van der Waals surface area contributed by atoms with Gasteiger partial charge in [-0.2, -0.15) is 0 Å². The Bertz CT molecular complexity index is 1360. The SMILES string of the molecule is Cc1cn([C@H]2CO[C@@H](COP(=O)(NCC(=O)OCc3ccccc3)Oc3ccccc3)O2)c(=O)[nH]c1=O. The summed E-state index contributed by atoms with van der Waals surface area (Å²) in [5.41, 5.74) is -0.0170. The number of rotatable bonds is 11. The molecule has 13 heteroatoms. The van der Waals surface area contributed by atoms with Gasteiger partial charge in [-0.3, -0.25) is 23.7 Å². The van der Waals surface area contributed by atoms with Gasteiger partial charge in [-0.25, -0.2) is 14.4 Å². The van der Waals surface area contributed by atoms with Gasteiger partial charge in [-0.05, 0) is 24.6 Å². The molecule has 196 valence electrons. The molecule has 0 amide bonds. The van der Waals surface area contributed by atoms with Crippen LogP contribution in [0.2, 0.25) is 0 Å². The third-order valence-corrected chi connectivity index (χ3v) is 6.68. The molecule has 1 saturated heterocycles. The van der Waals surface area contributed by atoms with E-state index in [1.807, 2.05) is 30.3 Å². The number of nitrogens with one attached hydrogen (secondary N) is 2. The highest BCUT2D eigenvalue weighted by Gasteiger charge is 2.34. The van der Waals surface area contributed by atoms with Crippen molar-refractivity contribution in [2.45, 2.75) is 26.0 Å². The number of carbonyl (C=O) groups is 1. The molecule has 2 aromatic carbocycles. The van der Waals surface area contributed by atoms with E-state index in [-0.39, 0.29) is 25.6 Å². The van der Waals surface area contributed by atoms with E-state index in [9.17, 15) is 18.9 Å². The van der Waals surface area contributed by atoms with E-state index in [1.165, 1.54) is 10.8 Å². The molecule has 0 bridgehead atoms. The second-order valence-electron chi connectivity index (χ2n) is 8.01. The number of para-hydroxylation sites is 1. The molecule has 0 radical (unpaired) electrons. The Kier molecular flexibility index (Phi) is 8.70. The van der Waals surface area contributed by atoms with Crippen molar-refractivity contribution in [3.05, 3.63) is 98.8 Å².